The minimum Gasteiger partial charge on any atom is -0.356 e. The Bertz CT molecular complexity index is 999. The lowest BCUT2D eigenvalue weighted by atomic mass is 9.86. The molecule has 1 aliphatic rings. The minimum absolute atomic E-state index is 0.00237. The van der Waals surface area contributed by atoms with Crippen LogP contribution < -0.4 is 0 Å². The van der Waals surface area contributed by atoms with Crippen molar-refractivity contribution in [3.05, 3.63) is 76.7 Å². The van der Waals surface area contributed by atoms with E-state index in [1.165, 1.54) is 17.7 Å². The van der Waals surface area contributed by atoms with Gasteiger partial charge < -0.3 is 9.42 Å². The lowest BCUT2D eigenvalue weighted by Crippen LogP contribution is -2.36. The molecule has 0 N–H and O–H groups in total. The molecule has 4 rings (SSSR count). The summed E-state index contributed by atoms with van der Waals surface area (Å²) in [5.41, 5.74) is 4.50. The summed E-state index contributed by atoms with van der Waals surface area (Å²) in [6.45, 7) is 7.47. The quantitative estimate of drug-likeness (QED) is 0.632. The van der Waals surface area contributed by atoms with Crippen LogP contribution in [0.2, 0.25) is 0 Å². The van der Waals surface area contributed by atoms with Crippen LogP contribution in [0.5, 0.6) is 0 Å². The van der Waals surface area contributed by atoms with Crippen LogP contribution in [0.3, 0.4) is 0 Å². The Balaban J connectivity index is 1.53. The van der Waals surface area contributed by atoms with Gasteiger partial charge in [-0.25, -0.2) is 4.39 Å². The third-order valence-corrected chi connectivity index (χ3v) is 5.23. The van der Waals surface area contributed by atoms with Crippen molar-refractivity contribution >= 4 is 5.91 Å². The second-order valence-electron chi connectivity index (χ2n) is 8.25. The maximum atomic E-state index is 13.2. The van der Waals surface area contributed by atoms with Gasteiger partial charge in [-0.2, -0.15) is 0 Å². The fraction of sp³-hybridized carbons (Fsp3) is 0.304. The maximum absolute atomic E-state index is 13.2. The molecular formula is C23H23FN2O2. The summed E-state index contributed by atoms with van der Waals surface area (Å²) >= 11 is 0. The van der Waals surface area contributed by atoms with Crippen LogP contribution in [0.1, 0.15) is 48.0 Å². The molecular weight excluding hydrogens is 355 g/mol. The van der Waals surface area contributed by atoms with Gasteiger partial charge in [-0.1, -0.05) is 38.1 Å². The highest BCUT2D eigenvalue weighted by atomic mass is 19.1. The molecule has 3 aromatic rings. The molecule has 0 saturated carbocycles. The lowest BCUT2D eigenvalue weighted by molar-refractivity contribution is 0.0731. The number of hydrogen-bond acceptors (Lipinski definition) is 3. The number of nitrogens with zero attached hydrogens (tertiary/aromatic N) is 2. The number of rotatable bonds is 2. The molecule has 28 heavy (non-hydrogen) atoms. The van der Waals surface area contributed by atoms with Crippen LogP contribution in [0.25, 0.3) is 11.3 Å². The Morgan fingerprint density at radius 2 is 1.75 bits per heavy atom. The Morgan fingerprint density at radius 1 is 1.07 bits per heavy atom. The van der Waals surface area contributed by atoms with Crippen LogP contribution in [0.15, 0.2) is 53.1 Å². The van der Waals surface area contributed by atoms with Gasteiger partial charge in [-0.05, 0) is 53.8 Å². The average molecular weight is 378 g/mol. The van der Waals surface area contributed by atoms with Crippen molar-refractivity contribution in [3.8, 4) is 11.3 Å². The number of halogens is 1. The van der Waals surface area contributed by atoms with Gasteiger partial charge in [-0.15, -0.1) is 0 Å². The summed E-state index contributed by atoms with van der Waals surface area (Å²) in [6.07, 6.45) is 0.664. The van der Waals surface area contributed by atoms with Gasteiger partial charge in [0.2, 0.25) is 0 Å². The molecule has 0 unspecified atom stereocenters. The molecule has 4 nitrogen and oxygen atoms in total. The zero-order chi connectivity index (χ0) is 19.9. The summed E-state index contributed by atoms with van der Waals surface area (Å²) in [5, 5.41) is 4.17. The molecule has 144 valence electrons. The Hall–Kier alpha value is -2.95. The van der Waals surface area contributed by atoms with Crippen molar-refractivity contribution in [3.63, 3.8) is 0 Å². The number of aromatic nitrogens is 1. The smallest absolute Gasteiger partial charge is 0.254 e. The minimum atomic E-state index is -0.286. The number of hydrogen-bond donors (Lipinski definition) is 0. The SMILES string of the molecule is CC(C)(C)c1ccc(C(=O)N2CCc3c(noc3-c3ccc(F)cc3)C2)cc1. The number of amides is 1. The van der Waals surface area contributed by atoms with Crippen molar-refractivity contribution < 1.29 is 13.7 Å². The van der Waals surface area contributed by atoms with Crippen molar-refractivity contribution in [1.29, 1.82) is 0 Å². The van der Waals surface area contributed by atoms with Gasteiger partial charge in [0.05, 0.1) is 6.54 Å². The Labute approximate surface area is 164 Å². The van der Waals surface area contributed by atoms with Crippen LogP contribution in [-0.2, 0) is 18.4 Å². The van der Waals surface area contributed by atoms with Gasteiger partial charge >= 0.3 is 0 Å². The molecule has 0 fully saturated rings. The molecule has 0 aliphatic carbocycles. The van der Waals surface area contributed by atoms with Crippen LogP contribution in [0.4, 0.5) is 4.39 Å². The van der Waals surface area contributed by atoms with E-state index in [4.69, 9.17) is 4.52 Å². The first-order chi connectivity index (χ1) is 13.3. The van der Waals surface area contributed by atoms with E-state index in [0.717, 1.165) is 16.8 Å². The lowest BCUT2D eigenvalue weighted by Gasteiger charge is -2.26. The molecule has 0 saturated heterocycles. The van der Waals surface area contributed by atoms with E-state index in [-0.39, 0.29) is 17.1 Å². The second-order valence-corrected chi connectivity index (χ2v) is 8.25. The number of benzene rings is 2. The molecule has 2 heterocycles. The summed E-state index contributed by atoms with van der Waals surface area (Å²) in [6, 6.07) is 14.0. The molecule has 1 amide bonds. The van der Waals surface area contributed by atoms with E-state index in [2.05, 4.69) is 25.9 Å². The monoisotopic (exact) mass is 378 g/mol. The topological polar surface area (TPSA) is 46.3 Å². The fourth-order valence-electron chi connectivity index (χ4n) is 3.53. The van der Waals surface area contributed by atoms with Crippen molar-refractivity contribution in [2.75, 3.05) is 6.54 Å². The normalized spacial score (nSPS) is 14.1. The van der Waals surface area contributed by atoms with Crippen molar-refractivity contribution in [2.45, 2.75) is 39.2 Å². The summed E-state index contributed by atoms with van der Waals surface area (Å²) in [4.78, 5) is 14.7. The second kappa shape index (κ2) is 6.89. The molecule has 0 bridgehead atoms. The third kappa shape index (κ3) is 3.44. The van der Waals surface area contributed by atoms with Gasteiger partial charge in [-0.3, -0.25) is 4.79 Å². The van der Waals surface area contributed by atoms with Crippen LogP contribution in [0, 0.1) is 5.82 Å². The highest BCUT2D eigenvalue weighted by molar-refractivity contribution is 5.94. The number of fused-ring (bicyclic) bond motifs is 1. The van der Waals surface area contributed by atoms with Gasteiger partial charge in [0, 0.05) is 23.2 Å². The average Bonchev–Trinajstić information content (AvgIpc) is 3.10. The predicted octanol–water partition coefficient (Wildman–Crippen LogP) is 4.98. The largest absolute Gasteiger partial charge is 0.356 e. The molecule has 0 atom stereocenters. The molecule has 1 aromatic heterocycles. The first kappa shape index (κ1) is 18.4. The molecule has 0 radical (unpaired) electrons. The van der Waals surface area contributed by atoms with Gasteiger partial charge in [0.1, 0.15) is 11.5 Å². The van der Waals surface area contributed by atoms with Crippen LogP contribution >= 0.6 is 0 Å². The van der Waals surface area contributed by atoms with Crippen molar-refractivity contribution in [1.82, 2.24) is 10.1 Å². The maximum Gasteiger partial charge on any atom is 0.254 e. The number of carbonyl (C=O) groups excluding carboxylic acids is 1. The van der Waals surface area contributed by atoms with E-state index in [0.29, 0.717) is 30.8 Å². The highest BCUT2D eigenvalue weighted by Crippen LogP contribution is 2.31. The fourth-order valence-corrected chi connectivity index (χ4v) is 3.53. The zero-order valence-electron chi connectivity index (χ0n) is 16.3. The zero-order valence-corrected chi connectivity index (χ0v) is 16.3. The molecule has 2 aromatic carbocycles. The molecule has 0 spiro atoms. The van der Waals surface area contributed by atoms with Crippen LogP contribution in [-0.4, -0.2) is 22.5 Å². The van der Waals surface area contributed by atoms with Gasteiger partial charge in [0.25, 0.3) is 5.91 Å². The predicted molar refractivity (Wildman–Crippen MR) is 105 cm³/mol. The first-order valence-electron chi connectivity index (χ1n) is 9.46. The van der Waals surface area contributed by atoms with E-state index in [9.17, 15) is 9.18 Å². The van der Waals surface area contributed by atoms with E-state index in [1.54, 1.807) is 17.0 Å². The highest BCUT2D eigenvalue weighted by Gasteiger charge is 2.28. The van der Waals surface area contributed by atoms with Gasteiger partial charge in [0.15, 0.2) is 5.76 Å². The Morgan fingerprint density at radius 3 is 2.39 bits per heavy atom. The van der Waals surface area contributed by atoms with E-state index < -0.39 is 0 Å². The Kier molecular flexibility index (Phi) is 4.53. The molecule has 1 aliphatic heterocycles. The number of carbonyl (C=O) groups is 1. The summed E-state index contributed by atoms with van der Waals surface area (Å²) < 4.78 is 18.7. The standard InChI is InChI=1S/C23H23FN2O2/c1-23(2,3)17-8-4-16(5-9-17)22(27)26-13-12-19-20(14-26)25-28-21(19)15-6-10-18(24)11-7-15/h4-11H,12-14H2,1-3H3. The first-order valence-corrected chi connectivity index (χ1v) is 9.46. The van der Waals surface area contributed by atoms with E-state index in [1.807, 2.05) is 24.3 Å². The van der Waals surface area contributed by atoms with Crippen molar-refractivity contribution in [2.24, 2.45) is 0 Å². The summed E-state index contributed by atoms with van der Waals surface area (Å²) in [7, 11) is 0. The third-order valence-electron chi connectivity index (χ3n) is 5.23. The summed E-state index contributed by atoms with van der Waals surface area (Å²) in [5.74, 6) is 0.375. The van der Waals surface area contributed by atoms with E-state index >= 15 is 0 Å². The molecule has 5 heteroatoms.